The molecule has 1 saturated carbocycles. The summed E-state index contributed by atoms with van der Waals surface area (Å²) in [5.74, 6) is -0.511. The molecule has 0 spiro atoms. The lowest BCUT2D eigenvalue weighted by Gasteiger charge is -2.09. The lowest BCUT2D eigenvalue weighted by atomic mass is 9.99. The summed E-state index contributed by atoms with van der Waals surface area (Å²) in [4.78, 5) is 18.0. The van der Waals surface area contributed by atoms with Gasteiger partial charge in [-0.15, -0.1) is 0 Å². The van der Waals surface area contributed by atoms with E-state index in [-0.39, 0.29) is 17.8 Å². The molecule has 0 radical (unpaired) electrons. The summed E-state index contributed by atoms with van der Waals surface area (Å²) in [5, 5.41) is 19.2. The first kappa shape index (κ1) is 16.4. The summed E-state index contributed by atoms with van der Waals surface area (Å²) >= 11 is 0. The predicted molar refractivity (Wildman–Crippen MR) is 88.5 cm³/mol. The normalized spacial score (nSPS) is 18.9. The Balaban J connectivity index is 1.76. The van der Waals surface area contributed by atoms with Crippen molar-refractivity contribution < 1.29 is 25.1 Å². The lowest BCUT2D eigenvalue weighted by Crippen LogP contribution is -2.71. The molecular formula is C17H24N3O4+. The van der Waals surface area contributed by atoms with Crippen LogP contribution in [-0.4, -0.2) is 26.7 Å². The number of allylic oxidation sites excluding steroid dienone is 2. The molecule has 24 heavy (non-hydrogen) atoms. The zero-order chi connectivity index (χ0) is 16.8. The molecule has 3 rings (SSSR count). The van der Waals surface area contributed by atoms with E-state index in [1.165, 1.54) is 25.0 Å². The van der Waals surface area contributed by atoms with Crippen LogP contribution in [0.3, 0.4) is 0 Å². The zero-order valence-corrected chi connectivity index (χ0v) is 13.7. The van der Waals surface area contributed by atoms with Crippen molar-refractivity contribution in [2.24, 2.45) is 4.99 Å². The summed E-state index contributed by atoms with van der Waals surface area (Å²) in [6.07, 6.45) is 11.8. The lowest BCUT2D eigenvalue weighted by molar-refractivity contribution is -0.433. The van der Waals surface area contributed by atoms with Crippen LogP contribution in [0.1, 0.15) is 57.8 Å². The van der Waals surface area contributed by atoms with E-state index in [0.717, 1.165) is 61.1 Å². The highest BCUT2D eigenvalue weighted by atomic mass is 17.3. The number of hydrogen-bond donors (Lipinski definition) is 3. The standard InChI is InChI=1S/C17H23N3O4/c21-15-11-12-16(22)20(15)24-23-17(18-13-7-3-1-4-8-13)19-14-9-5-2-6-10-14/h7,11-12,21-22H,1-6,8-10H2/p+1. The van der Waals surface area contributed by atoms with Crippen LogP contribution < -0.4 is 9.98 Å². The maximum absolute atomic E-state index is 9.61. The fourth-order valence-electron chi connectivity index (χ4n) is 2.92. The van der Waals surface area contributed by atoms with Crippen LogP contribution in [0, 0.1) is 0 Å². The van der Waals surface area contributed by atoms with E-state index in [2.05, 4.69) is 16.1 Å². The van der Waals surface area contributed by atoms with Crippen LogP contribution in [0.2, 0.25) is 0 Å². The molecule has 1 heterocycles. The maximum atomic E-state index is 9.61. The van der Waals surface area contributed by atoms with E-state index in [1.54, 1.807) is 0 Å². The number of aromatic nitrogens is 1. The Morgan fingerprint density at radius 1 is 1.00 bits per heavy atom. The van der Waals surface area contributed by atoms with Gasteiger partial charge in [0.15, 0.2) is 0 Å². The molecule has 1 aromatic heterocycles. The number of aromatic hydroxyl groups is 2. The molecule has 2 aliphatic carbocycles. The van der Waals surface area contributed by atoms with Gasteiger partial charge in [0.2, 0.25) is 11.8 Å². The fraction of sp³-hybridized carbons (Fsp3) is 0.529. The van der Waals surface area contributed by atoms with Gasteiger partial charge in [0, 0.05) is 31.4 Å². The van der Waals surface area contributed by atoms with Crippen molar-refractivity contribution in [1.82, 2.24) is 4.73 Å². The third-order valence-electron chi connectivity index (χ3n) is 4.24. The molecule has 1 fully saturated rings. The minimum absolute atomic E-state index is 0.229. The molecule has 0 atom stereocenters. The van der Waals surface area contributed by atoms with E-state index in [9.17, 15) is 10.2 Å². The first-order chi connectivity index (χ1) is 11.7. The van der Waals surface area contributed by atoms with E-state index in [4.69, 9.17) is 9.88 Å². The number of rotatable bonds is 3. The molecule has 0 amide bonds. The predicted octanol–water partition coefficient (Wildman–Crippen LogP) is 1.56. The molecule has 3 N–H and O–H groups in total. The Morgan fingerprint density at radius 3 is 2.38 bits per heavy atom. The Bertz CT molecular complexity index is 633. The second kappa shape index (κ2) is 7.90. The molecule has 1 aromatic rings. The zero-order valence-electron chi connectivity index (χ0n) is 13.7. The minimum Gasteiger partial charge on any atom is -0.492 e. The third kappa shape index (κ3) is 4.31. The second-order valence-electron chi connectivity index (χ2n) is 6.15. The molecule has 2 aliphatic rings. The molecule has 0 aromatic carbocycles. The topological polar surface area (TPSA) is 90.2 Å². The van der Waals surface area contributed by atoms with Crippen molar-refractivity contribution in [3.8, 4) is 11.8 Å². The number of aliphatic imine (C=N–C) groups is 1. The highest BCUT2D eigenvalue weighted by Gasteiger charge is 2.20. The van der Waals surface area contributed by atoms with Crippen molar-refractivity contribution >= 4 is 11.7 Å². The van der Waals surface area contributed by atoms with E-state index in [0.29, 0.717) is 0 Å². The van der Waals surface area contributed by atoms with Crippen molar-refractivity contribution in [2.45, 2.75) is 57.8 Å². The van der Waals surface area contributed by atoms with Crippen LogP contribution in [0.4, 0.5) is 0 Å². The van der Waals surface area contributed by atoms with E-state index >= 15 is 0 Å². The average molecular weight is 334 g/mol. The summed E-state index contributed by atoms with van der Waals surface area (Å²) in [7, 11) is 0. The highest BCUT2D eigenvalue weighted by Crippen LogP contribution is 2.19. The summed E-state index contributed by atoms with van der Waals surface area (Å²) < 4.78 is 0.790. The highest BCUT2D eigenvalue weighted by molar-refractivity contribution is 5.93. The summed E-state index contributed by atoms with van der Waals surface area (Å²) in [6, 6.07) is 2.85. The Morgan fingerprint density at radius 2 is 1.71 bits per heavy atom. The van der Waals surface area contributed by atoms with Crippen molar-refractivity contribution in [3.63, 3.8) is 0 Å². The first-order valence-electron chi connectivity index (χ1n) is 8.56. The SMILES string of the molecule is Oc1ccc(O)n1OOC(N=C1CCCCC1)=[NH+]C1=CCCCC1. The Labute approximate surface area is 140 Å². The van der Waals surface area contributed by atoms with Crippen LogP contribution in [0.15, 0.2) is 28.9 Å². The molecule has 7 heteroatoms. The Kier molecular flexibility index (Phi) is 5.40. The quantitative estimate of drug-likeness (QED) is 0.339. The van der Waals surface area contributed by atoms with Gasteiger partial charge in [-0.05, 0) is 43.2 Å². The number of hydrogen-bond acceptors (Lipinski definition) is 4. The molecule has 130 valence electrons. The second-order valence-corrected chi connectivity index (χ2v) is 6.15. The van der Waals surface area contributed by atoms with Crippen LogP contribution in [0.5, 0.6) is 11.8 Å². The molecule has 0 aliphatic heterocycles. The van der Waals surface area contributed by atoms with E-state index < -0.39 is 0 Å². The molecule has 0 saturated heterocycles. The van der Waals surface area contributed by atoms with Gasteiger partial charge in [0.05, 0.1) is 0 Å². The van der Waals surface area contributed by atoms with Gasteiger partial charge in [-0.2, -0.15) is 9.88 Å². The van der Waals surface area contributed by atoms with Crippen LogP contribution in [-0.2, 0) is 4.89 Å². The largest absolute Gasteiger partial charge is 0.539 e. The number of nitrogens with zero attached hydrogens (tertiary/aromatic N) is 2. The van der Waals surface area contributed by atoms with Crippen molar-refractivity contribution in [1.29, 1.82) is 0 Å². The maximum Gasteiger partial charge on any atom is 0.539 e. The van der Waals surface area contributed by atoms with E-state index in [1.807, 2.05) is 0 Å². The van der Waals surface area contributed by atoms with Gasteiger partial charge in [-0.3, -0.25) is 0 Å². The first-order valence-corrected chi connectivity index (χ1v) is 8.56. The average Bonchev–Trinajstić information content (AvgIpc) is 2.93. The fourth-order valence-corrected chi connectivity index (χ4v) is 2.92. The molecule has 0 bridgehead atoms. The van der Waals surface area contributed by atoms with Crippen molar-refractivity contribution in [3.05, 3.63) is 23.9 Å². The van der Waals surface area contributed by atoms with Gasteiger partial charge in [0.25, 0.3) is 0 Å². The van der Waals surface area contributed by atoms with Gasteiger partial charge in [-0.25, -0.2) is 4.99 Å². The van der Waals surface area contributed by atoms with Gasteiger partial charge in [-0.1, -0.05) is 11.2 Å². The summed E-state index contributed by atoms with van der Waals surface area (Å²) in [5.41, 5.74) is 2.13. The van der Waals surface area contributed by atoms with Gasteiger partial charge in [0.1, 0.15) is 11.4 Å². The number of nitrogens with one attached hydrogen (secondary N) is 1. The third-order valence-corrected chi connectivity index (χ3v) is 4.24. The van der Waals surface area contributed by atoms with Gasteiger partial charge >= 0.3 is 6.02 Å². The van der Waals surface area contributed by atoms with Crippen molar-refractivity contribution in [2.75, 3.05) is 0 Å². The minimum atomic E-state index is -0.256. The molecule has 0 unspecified atom stereocenters. The Hall–Kier alpha value is -2.44. The molecular weight excluding hydrogens is 310 g/mol. The van der Waals surface area contributed by atoms with Crippen LogP contribution in [0.25, 0.3) is 0 Å². The summed E-state index contributed by atoms with van der Waals surface area (Å²) in [6.45, 7) is 0. The number of amidine groups is 1. The molecule has 7 nitrogen and oxygen atoms in total. The van der Waals surface area contributed by atoms with Gasteiger partial charge < -0.3 is 10.2 Å². The monoisotopic (exact) mass is 334 g/mol. The van der Waals surface area contributed by atoms with Crippen LogP contribution >= 0.6 is 0 Å². The smallest absolute Gasteiger partial charge is 0.492 e.